The topological polar surface area (TPSA) is 68.2 Å². The van der Waals surface area contributed by atoms with E-state index in [4.69, 9.17) is 14.2 Å². The molecule has 3 atom stereocenters. The molecular formula is C26H33NO5. The number of rotatable bonds is 9. The van der Waals surface area contributed by atoms with Crippen molar-refractivity contribution in [2.75, 3.05) is 27.0 Å². The van der Waals surface area contributed by atoms with Crippen molar-refractivity contribution in [2.24, 2.45) is 11.8 Å². The number of ether oxygens (including phenoxy) is 3. The SMILES string of the molecule is COc1ccc(C2C(C(=O)O)C(c3ccc4c(c3)OCO4)CN2CCCCC(C)C)cc1. The Hall–Kier alpha value is -2.73. The summed E-state index contributed by atoms with van der Waals surface area (Å²) in [6, 6.07) is 13.5. The lowest BCUT2D eigenvalue weighted by Gasteiger charge is -2.27. The fourth-order valence-electron chi connectivity index (χ4n) is 5.01. The van der Waals surface area contributed by atoms with Crippen LogP contribution in [0.2, 0.25) is 0 Å². The molecule has 6 heteroatoms. The average molecular weight is 440 g/mol. The molecule has 32 heavy (non-hydrogen) atoms. The first-order chi connectivity index (χ1) is 15.5. The van der Waals surface area contributed by atoms with Crippen molar-refractivity contribution in [1.82, 2.24) is 4.90 Å². The van der Waals surface area contributed by atoms with Crippen LogP contribution >= 0.6 is 0 Å². The molecule has 0 bridgehead atoms. The van der Waals surface area contributed by atoms with Crippen molar-refractivity contribution < 1.29 is 24.1 Å². The lowest BCUT2D eigenvalue weighted by molar-refractivity contribution is -0.143. The third-order valence-electron chi connectivity index (χ3n) is 6.64. The fourth-order valence-corrected chi connectivity index (χ4v) is 5.01. The van der Waals surface area contributed by atoms with Gasteiger partial charge in [0.05, 0.1) is 13.0 Å². The van der Waals surface area contributed by atoms with Crippen molar-refractivity contribution in [1.29, 1.82) is 0 Å². The predicted molar refractivity (Wildman–Crippen MR) is 122 cm³/mol. The summed E-state index contributed by atoms with van der Waals surface area (Å²) in [7, 11) is 1.64. The summed E-state index contributed by atoms with van der Waals surface area (Å²) < 4.78 is 16.3. The smallest absolute Gasteiger partial charge is 0.309 e. The average Bonchev–Trinajstić information content (AvgIpc) is 3.40. The highest BCUT2D eigenvalue weighted by Gasteiger charge is 2.47. The first-order valence-electron chi connectivity index (χ1n) is 11.5. The highest BCUT2D eigenvalue weighted by Crippen LogP contribution is 2.48. The number of hydrogen-bond acceptors (Lipinski definition) is 5. The van der Waals surface area contributed by atoms with Crippen LogP contribution in [-0.4, -0.2) is 43.0 Å². The molecule has 2 aliphatic rings. The van der Waals surface area contributed by atoms with Gasteiger partial charge in [-0.15, -0.1) is 0 Å². The van der Waals surface area contributed by atoms with Gasteiger partial charge in [0, 0.05) is 18.5 Å². The van der Waals surface area contributed by atoms with Gasteiger partial charge in [0.2, 0.25) is 6.79 Å². The van der Waals surface area contributed by atoms with Crippen molar-refractivity contribution in [3.63, 3.8) is 0 Å². The third kappa shape index (κ3) is 4.70. The number of nitrogens with zero attached hydrogens (tertiary/aromatic N) is 1. The summed E-state index contributed by atoms with van der Waals surface area (Å²) in [5.41, 5.74) is 2.01. The van der Waals surface area contributed by atoms with Crippen LogP contribution in [0.3, 0.4) is 0 Å². The molecule has 2 aliphatic heterocycles. The maximum absolute atomic E-state index is 12.6. The molecule has 6 nitrogen and oxygen atoms in total. The predicted octanol–water partition coefficient (Wildman–Crippen LogP) is 5.09. The van der Waals surface area contributed by atoms with E-state index in [9.17, 15) is 9.90 Å². The van der Waals surface area contributed by atoms with E-state index in [0.717, 1.165) is 42.0 Å². The molecule has 0 radical (unpaired) electrons. The van der Waals surface area contributed by atoms with E-state index in [1.165, 1.54) is 6.42 Å². The molecule has 2 heterocycles. The largest absolute Gasteiger partial charge is 0.497 e. The van der Waals surface area contributed by atoms with Gasteiger partial charge < -0.3 is 19.3 Å². The van der Waals surface area contributed by atoms with Crippen LogP contribution in [0.1, 0.15) is 56.2 Å². The zero-order valence-corrected chi connectivity index (χ0v) is 19.1. The number of carboxylic acids is 1. The second kappa shape index (κ2) is 9.82. The van der Waals surface area contributed by atoms with Crippen LogP contribution in [0.25, 0.3) is 0 Å². The summed E-state index contributed by atoms with van der Waals surface area (Å²) >= 11 is 0. The molecule has 3 unspecified atom stereocenters. The van der Waals surface area contributed by atoms with Gasteiger partial charge in [-0.2, -0.15) is 0 Å². The lowest BCUT2D eigenvalue weighted by atomic mass is 9.82. The molecule has 1 fully saturated rings. The Labute approximate surface area is 190 Å². The van der Waals surface area contributed by atoms with E-state index in [0.29, 0.717) is 18.2 Å². The number of carbonyl (C=O) groups is 1. The molecule has 0 saturated carbocycles. The van der Waals surface area contributed by atoms with Crippen molar-refractivity contribution in [3.8, 4) is 17.2 Å². The molecule has 0 amide bonds. The maximum Gasteiger partial charge on any atom is 0.309 e. The first-order valence-corrected chi connectivity index (χ1v) is 11.5. The summed E-state index contributed by atoms with van der Waals surface area (Å²) in [4.78, 5) is 14.9. The van der Waals surface area contributed by atoms with Crippen molar-refractivity contribution in [2.45, 2.75) is 45.1 Å². The normalized spacial score (nSPS) is 22.4. The standard InChI is InChI=1S/C26H33NO5/c1-17(2)6-4-5-13-27-15-21(19-9-12-22-23(14-19)32-16-31-22)24(26(28)29)25(27)18-7-10-20(30-3)11-8-18/h7-12,14,17,21,24-25H,4-6,13,15-16H2,1-3H3,(H,28,29). The highest BCUT2D eigenvalue weighted by molar-refractivity contribution is 5.74. The molecule has 1 saturated heterocycles. The van der Waals surface area contributed by atoms with Crippen LogP contribution in [0, 0.1) is 11.8 Å². The van der Waals surface area contributed by atoms with Crippen molar-refractivity contribution in [3.05, 3.63) is 53.6 Å². The van der Waals surface area contributed by atoms with E-state index in [2.05, 4.69) is 18.7 Å². The Kier molecular flexibility index (Phi) is 6.89. The van der Waals surface area contributed by atoms with Crippen LogP contribution in [0.15, 0.2) is 42.5 Å². The minimum atomic E-state index is -0.766. The first kappa shape index (κ1) is 22.5. The van der Waals surface area contributed by atoms with Gasteiger partial charge >= 0.3 is 5.97 Å². The van der Waals surface area contributed by atoms with Crippen LogP contribution in [-0.2, 0) is 4.79 Å². The molecule has 2 aromatic rings. The van der Waals surface area contributed by atoms with Gasteiger partial charge in [-0.3, -0.25) is 9.69 Å². The van der Waals surface area contributed by atoms with Crippen molar-refractivity contribution >= 4 is 5.97 Å². The number of fused-ring (bicyclic) bond motifs is 1. The molecule has 2 aromatic carbocycles. The van der Waals surface area contributed by atoms with Gasteiger partial charge in [0.25, 0.3) is 0 Å². The maximum atomic E-state index is 12.6. The molecule has 172 valence electrons. The van der Waals surface area contributed by atoms with E-state index in [1.807, 2.05) is 42.5 Å². The van der Waals surface area contributed by atoms with Crippen LogP contribution in [0.5, 0.6) is 17.2 Å². The van der Waals surface area contributed by atoms with Gasteiger partial charge in [0.15, 0.2) is 11.5 Å². The Morgan fingerprint density at radius 3 is 2.50 bits per heavy atom. The highest BCUT2D eigenvalue weighted by atomic mass is 16.7. The molecular weight excluding hydrogens is 406 g/mol. The minimum Gasteiger partial charge on any atom is -0.497 e. The van der Waals surface area contributed by atoms with E-state index in [1.54, 1.807) is 7.11 Å². The zero-order valence-electron chi connectivity index (χ0n) is 19.1. The zero-order chi connectivity index (χ0) is 22.7. The Balaban J connectivity index is 1.64. The molecule has 0 spiro atoms. The number of benzene rings is 2. The Morgan fingerprint density at radius 1 is 1.09 bits per heavy atom. The third-order valence-corrected chi connectivity index (χ3v) is 6.64. The summed E-state index contributed by atoms with van der Waals surface area (Å²) in [5, 5.41) is 10.3. The number of aliphatic carboxylic acids is 1. The summed E-state index contributed by atoms with van der Waals surface area (Å²) in [5.74, 6) is 1.43. The number of unbranched alkanes of at least 4 members (excludes halogenated alkanes) is 1. The van der Waals surface area contributed by atoms with E-state index < -0.39 is 11.9 Å². The second-order valence-corrected chi connectivity index (χ2v) is 9.19. The lowest BCUT2D eigenvalue weighted by Crippen LogP contribution is -2.29. The second-order valence-electron chi connectivity index (χ2n) is 9.19. The molecule has 0 aliphatic carbocycles. The molecule has 1 N–H and O–H groups in total. The summed E-state index contributed by atoms with van der Waals surface area (Å²) in [6.45, 7) is 6.28. The number of likely N-dealkylation sites (tertiary alicyclic amines) is 1. The van der Waals surface area contributed by atoms with Crippen LogP contribution in [0.4, 0.5) is 0 Å². The van der Waals surface area contributed by atoms with Gasteiger partial charge in [-0.25, -0.2) is 0 Å². The molecule has 0 aromatic heterocycles. The number of methoxy groups -OCH3 is 1. The quantitative estimate of drug-likeness (QED) is 0.549. The Bertz CT molecular complexity index is 926. The Morgan fingerprint density at radius 2 is 1.81 bits per heavy atom. The van der Waals surface area contributed by atoms with Crippen LogP contribution < -0.4 is 14.2 Å². The van der Waals surface area contributed by atoms with E-state index in [-0.39, 0.29) is 18.8 Å². The van der Waals surface area contributed by atoms with Gasteiger partial charge in [-0.05, 0) is 54.3 Å². The minimum absolute atomic E-state index is 0.126. The van der Waals surface area contributed by atoms with Gasteiger partial charge in [0.1, 0.15) is 5.75 Å². The van der Waals surface area contributed by atoms with Gasteiger partial charge in [-0.1, -0.05) is 44.9 Å². The van der Waals surface area contributed by atoms with E-state index >= 15 is 0 Å². The number of hydrogen-bond donors (Lipinski definition) is 1. The monoisotopic (exact) mass is 439 g/mol. The fraction of sp³-hybridized carbons (Fsp3) is 0.500. The molecule has 4 rings (SSSR count). The number of carboxylic acid groups (broad SMARTS) is 1. The summed E-state index contributed by atoms with van der Waals surface area (Å²) in [6.07, 6.45) is 3.40.